The van der Waals surface area contributed by atoms with Crippen molar-refractivity contribution in [3.63, 3.8) is 0 Å². The number of carboxylic acid groups (broad SMARTS) is 1. The molecule has 0 spiro atoms. The largest absolute Gasteiger partial charge is 0.480 e. The summed E-state index contributed by atoms with van der Waals surface area (Å²) in [6.45, 7) is 3.74. The van der Waals surface area contributed by atoms with E-state index in [0.717, 1.165) is 17.7 Å². The zero-order valence-electron chi connectivity index (χ0n) is 11.0. The molecule has 0 bridgehead atoms. The number of nitrogens with one attached hydrogen (secondary N) is 1. The lowest BCUT2D eigenvalue weighted by Gasteiger charge is -2.30. The molecule has 0 amide bonds. The summed E-state index contributed by atoms with van der Waals surface area (Å²) >= 11 is 1.50. The van der Waals surface area contributed by atoms with Gasteiger partial charge in [-0.3, -0.25) is 10.1 Å². The second-order valence-electron chi connectivity index (χ2n) is 5.07. The number of carboxylic acids is 1. The molecular formula is C14H18FNO2S. The van der Waals surface area contributed by atoms with E-state index in [1.165, 1.54) is 17.8 Å². The Morgan fingerprint density at radius 1 is 1.53 bits per heavy atom. The van der Waals surface area contributed by atoms with Crippen molar-refractivity contribution < 1.29 is 14.3 Å². The molecule has 0 radical (unpaired) electrons. The summed E-state index contributed by atoms with van der Waals surface area (Å²) in [4.78, 5) is 11.9. The van der Waals surface area contributed by atoms with Crippen molar-refractivity contribution in [1.29, 1.82) is 0 Å². The first-order valence-electron chi connectivity index (χ1n) is 6.40. The van der Waals surface area contributed by atoms with Crippen molar-refractivity contribution in [2.24, 2.45) is 5.92 Å². The molecule has 1 aromatic rings. The molecule has 2 unspecified atom stereocenters. The molecule has 0 fully saturated rings. The summed E-state index contributed by atoms with van der Waals surface area (Å²) in [5.74, 6) is -0.281. The molecule has 104 valence electrons. The number of fused-ring (bicyclic) bond motifs is 1. The third-order valence-corrected chi connectivity index (χ3v) is 4.50. The number of rotatable bonds is 4. The Balaban J connectivity index is 2.24. The summed E-state index contributed by atoms with van der Waals surface area (Å²) in [5, 5.41) is 12.4. The van der Waals surface area contributed by atoms with Gasteiger partial charge in [-0.15, -0.1) is 11.8 Å². The number of benzene rings is 1. The molecule has 0 aromatic heterocycles. The fourth-order valence-electron chi connectivity index (χ4n) is 2.33. The van der Waals surface area contributed by atoms with Crippen molar-refractivity contribution in [2.75, 3.05) is 5.75 Å². The third-order valence-electron chi connectivity index (χ3n) is 3.34. The molecule has 1 heterocycles. The van der Waals surface area contributed by atoms with Crippen LogP contribution in [0.2, 0.25) is 0 Å². The van der Waals surface area contributed by atoms with E-state index in [9.17, 15) is 14.3 Å². The van der Waals surface area contributed by atoms with Crippen LogP contribution in [0.25, 0.3) is 0 Å². The summed E-state index contributed by atoms with van der Waals surface area (Å²) in [7, 11) is 0. The predicted octanol–water partition coefficient (Wildman–Crippen LogP) is 3.06. The van der Waals surface area contributed by atoms with Crippen molar-refractivity contribution in [2.45, 2.75) is 37.2 Å². The van der Waals surface area contributed by atoms with Crippen LogP contribution in [0.1, 0.15) is 31.9 Å². The van der Waals surface area contributed by atoms with Crippen LogP contribution in [-0.4, -0.2) is 22.9 Å². The second kappa shape index (κ2) is 5.92. The number of hydrogen-bond donors (Lipinski definition) is 2. The first-order valence-corrected chi connectivity index (χ1v) is 7.39. The van der Waals surface area contributed by atoms with Crippen LogP contribution in [0.15, 0.2) is 23.1 Å². The number of halogens is 1. The Morgan fingerprint density at radius 3 is 2.89 bits per heavy atom. The van der Waals surface area contributed by atoms with Crippen LogP contribution in [0.4, 0.5) is 4.39 Å². The molecule has 0 saturated heterocycles. The SMILES string of the molecule is CC(C)C(NC1CCSc2c(F)cccc21)C(=O)O. The Morgan fingerprint density at radius 2 is 2.26 bits per heavy atom. The predicted molar refractivity (Wildman–Crippen MR) is 73.9 cm³/mol. The van der Waals surface area contributed by atoms with Gasteiger partial charge in [-0.25, -0.2) is 4.39 Å². The van der Waals surface area contributed by atoms with Gasteiger partial charge in [-0.05, 0) is 29.7 Å². The minimum atomic E-state index is -0.855. The number of hydrogen-bond acceptors (Lipinski definition) is 3. The quantitative estimate of drug-likeness (QED) is 0.891. The maximum atomic E-state index is 13.7. The van der Waals surface area contributed by atoms with Crippen LogP contribution in [0.5, 0.6) is 0 Å². The highest BCUT2D eigenvalue weighted by Gasteiger charge is 2.29. The highest BCUT2D eigenvalue weighted by atomic mass is 32.2. The summed E-state index contributed by atoms with van der Waals surface area (Å²) in [5.41, 5.74) is 0.878. The van der Waals surface area contributed by atoms with Crippen LogP contribution in [-0.2, 0) is 4.79 Å². The fourth-order valence-corrected chi connectivity index (χ4v) is 3.47. The van der Waals surface area contributed by atoms with Gasteiger partial charge in [0.15, 0.2) is 0 Å². The van der Waals surface area contributed by atoms with Crippen molar-refractivity contribution in [3.8, 4) is 0 Å². The van der Waals surface area contributed by atoms with E-state index in [1.807, 2.05) is 19.9 Å². The Hall–Kier alpha value is -1.07. The van der Waals surface area contributed by atoms with E-state index in [2.05, 4.69) is 5.32 Å². The topological polar surface area (TPSA) is 49.3 Å². The molecule has 19 heavy (non-hydrogen) atoms. The van der Waals surface area contributed by atoms with Gasteiger partial charge in [0.25, 0.3) is 0 Å². The van der Waals surface area contributed by atoms with E-state index in [4.69, 9.17) is 0 Å². The molecule has 3 nitrogen and oxygen atoms in total. The van der Waals surface area contributed by atoms with E-state index in [-0.39, 0.29) is 17.8 Å². The van der Waals surface area contributed by atoms with E-state index < -0.39 is 12.0 Å². The van der Waals surface area contributed by atoms with Crippen molar-refractivity contribution in [1.82, 2.24) is 5.32 Å². The summed E-state index contributed by atoms with van der Waals surface area (Å²) in [6, 6.07) is 4.31. The maximum absolute atomic E-state index is 13.7. The molecule has 0 aliphatic carbocycles. The second-order valence-corrected chi connectivity index (χ2v) is 6.18. The normalized spacial score (nSPS) is 20.1. The molecular weight excluding hydrogens is 265 g/mol. The van der Waals surface area contributed by atoms with Gasteiger partial charge >= 0.3 is 5.97 Å². The van der Waals surface area contributed by atoms with Crippen LogP contribution in [0.3, 0.4) is 0 Å². The lowest BCUT2D eigenvalue weighted by Crippen LogP contribution is -2.43. The van der Waals surface area contributed by atoms with Gasteiger partial charge in [0.2, 0.25) is 0 Å². The Bertz CT molecular complexity index is 479. The van der Waals surface area contributed by atoms with Gasteiger partial charge in [-0.1, -0.05) is 26.0 Å². The van der Waals surface area contributed by atoms with Gasteiger partial charge in [-0.2, -0.15) is 0 Å². The highest BCUT2D eigenvalue weighted by molar-refractivity contribution is 7.99. The minimum absolute atomic E-state index is 0.0101. The molecule has 2 N–H and O–H groups in total. The third kappa shape index (κ3) is 3.09. The summed E-state index contributed by atoms with van der Waals surface area (Å²) < 4.78 is 13.7. The van der Waals surface area contributed by atoms with Gasteiger partial charge in [0, 0.05) is 10.9 Å². The van der Waals surface area contributed by atoms with E-state index in [1.54, 1.807) is 6.07 Å². The van der Waals surface area contributed by atoms with Gasteiger partial charge in [0.05, 0.1) is 0 Å². The Kier molecular flexibility index (Phi) is 4.47. The average Bonchev–Trinajstić information content (AvgIpc) is 2.36. The summed E-state index contributed by atoms with van der Waals surface area (Å²) in [6.07, 6.45) is 0.817. The molecule has 1 aliphatic heterocycles. The first-order chi connectivity index (χ1) is 9.00. The molecule has 2 rings (SSSR count). The monoisotopic (exact) mass is 283 g/mol. The molecule has 1 aliphatic rings. The number of carbonyl (C=O) groups is 1. The molecule has 1 aromatic carbocycles. The Labute approximate surface area is 116 Å². The van der Waals surface area contributed by atoms with Crippen LogP contribution >= 0.6 is 11.8 Å². The lowest BCUT2D eigenvalue weighted by molar-refractivity contribution is -0.140. The van der Waals surface area contributed by atoms with Gasteiger partial charge in [0.1, 0.15) is 11.9 Å². The lowest BCUT2D eigenvalue weighted by atomic mass is 9.98. The van der Waals surface area contributed by atoms with Crippen LogP contribution < -0.4 is 5.32 Å². The zero-order chi connectivity index (χ0) is 14.0. The van der Waals surface area contributed by atoms with Crippen LogP contribution in [0, 0.1) is 11.7 Å². The highest BCUT2D eigenvalue weighted by Crippen LogP contribution is 2.38. The van der Waals surface area contributed by atoms with E-state index >= 15 is 0 Å². The fraction of sp³-hybridized carbons (Fsp3) is 0.500. The first kappa shape index (κ1) is 14.3. The van der Waals surface area contributed by atoms with Crippen molar-refractivity contribution in [3.05, 3.63) is 29.6 Å². The van der Waals surface area contributed by atoms with Gasteiger partial charge < -0.3 is 5.11 Å². The number of thioether (sulfide) groups is 1. The maximum Gasteiger partial charge on any atom is 0.320 e. The molecule has 0 saturated carbocycles. The molecule has 5 heteroatoms. The van der Waals surface area contributed by atoms with E-state index in [0.29, 0.717) is 4.90 Å². The number of aliphatic carboxylic acids is 1. The minimum Gasteiger partial charge on any atom is -0.480 e. The zero-order valence-corrected chi connectivity index (χ0v) is 11.8. The van der Waals surface area contributed by atoms with Crippen molar-refractivity contribution >= 4 is 17.7 Å². The molecule has 2 atom stereocenters. The standard InChI is InChI=1S/C14H18FNO2S/c1-8(2)12(14(17)18)16-11-6-7-19-13-9(11)4-3-5-10(13)15/h3-5,8,11-12,16H,6-7H2,1-2H3,(H,17,18). The smallest absolute Gasteiger partial charge is 0.320 e. The average molecular weight is 283 g/mol.